The van der Waals surface area contributed by atoms with E-state index in [4.69, 9.17) is 14.7 Å². The molecule has 0 unspecified atom stereocenters. The number of nitrogens with zero attached hydrogens (tertiary/aromatic N) is 4. The molecular weight excluding hydrogens is 492 g/mol. The van der Waals surface area contributed by atoms with Gasteiger partial charge >= 0.3 is 5.97 Å². The van der Waals surface area contributed by atoms with Crippen molar-refractivity contribution in [1.29, 1.82) is 0 Å². The summed E-state index contributed by atoms with van der Waals surface area (Å²) in [6, 6.07) is 20.7. The molecule has 8 rings (SSSR count). The van der Waals surface area contributed by atoms with Gasteiger partial charge < -0.3 is 4.74 Å². The Labute approximate surface area is 219 Å². The predicted molar refractivity (Wildman–Crippen MR) is 151 cm³/mol. The van der Waals surface area contributed by atoms with Crippen molar-refractivity contribution in [2.75, 3.05) is 6.61 Å². The number of pyridine rings is 2. The number of carbonyl (C=O) groups is 1. The highest BCUT2D eigenvalue weighted by atomic mass is 16.5. The number of aryl methyl sites for hydroxylation is 1. The summed E-state index contributed by atoms with van der Waals surface area (Å²) in [5.74, 6) is -0.249. The fourth-order valence-corrected chi connectivity index (χ4v) is 6.02. The summed E-state index contributed by atoms with van der Waals surface area (Å²) in [6.45, 7) is 2.13. The van der Waals surface area contributed by atoms with E-state index >= 15 is 0 Å². The van der Waals surface area contributed by atoms with Crippen molar-refractivity contribution in [3.8, 4) is 0 Å². The Morgan fingerprint density at radius 2 is 1.33 bits per heavy atom. The number of benzene rings is 4. The lowest BCUT2D eigenvalue weighted by atomic mass is 9.96. The van der Waals surface area contributed by atoms with E-state index in [1.807, 2.05) is 66.7 Å². The van der Waals surface area contributed by atoms with Crippen LogP contribution in [0.3, 0.4) is 0 Å². The number of ether oxygens (including phenoxy) is 1. The first-order chi connectivity index (χ1) is 19.0. The van der Waals surface area contributed by atoms with Crippen LogP contribution in [-0.2, 0) is 16.0 Å². The molecule has 0 N–H and O–H groups in total. The highest BCUT2D eigenvalue weighted by Gasteiger charge is 2.22. The molecule has 188 valence electrons. The molecule has 8 aromatic rings. The summed E-state index contributed by atoms with van der Waals surface area (Å²) in [7, 11) is 0. The van der Waals surface area contributed by atoms with Gasteiger partial charge in [0.1, 0.15) is 11.3 Å². The summed E-state index contributed by atoms with van der Waals surface area (Å²) in [5, 5.41) is 4.14. The van der Waals surface area contributed by atoms with Crippen molar-refractivity contribution in [2.45, 2.75) is 19.8 Å². The number of hydrogen-bond donors (Lipinski definition) is 0. The molecule has 0 fully saturated rings. The minimum absolute atomic E-state index is 0.160. The second-order valence-corrected chi connectivity index (χ2v) is 9.84. The van der Waals surface area contributed by atoms with Crippen LogP contribution in [-0.4, -0.2) is 31.3 Å². The molecule has 8 heteroatoms. The number of imidazole rings is 2. The topological polar surface area (TPSA) is 95.0 Å². The van der Waals surface area contributed by atoms with E-state index < -0.39 is 0 Å². The van der Waals surface area contributed by atoms with Crippen molar-refractivity contribution in [3.63, 3.8) is 0 Å². The molecule has 0 aliphatic rings. The van der Waals surface area contributed by atoms with Crippen molar-refractivity contribution < 1.29 is 9.53 Å². The number of esters is 1. The Hall–Kier alpha value is -5.11. The molecule has 0 radical (unpaired) electrons. The number of carbonyl (C=O) groups excluding carboxylic acids is 1. The molecule has 0 aliphatic heterocycles. The smallest absolute Gasteiger partial charge is 0.306 e. The minimum Gasteiger partial charge on any atom is -0.466 e. The van der Waals surface area contributed by atoms with E-state index in [2.05, 4.69) is 0 Å². The summed E-state index contributed by atoms with van der Waals surface area (Å²) in [6.07, 6.45) is 0.770. The van der Waals surface area contributed by atoms with Gasteiger partial charge in [0.15, 0.2) is 0 Å². The summed E-state index contributed by atoms with van der Waals surface area (Å²) < 4.78 is 8.35. The highest BCUT2D eigenvalue weighted by Crippen LogP contribution is 2.36. The molecule has 4 aromatic heterocycles. The normalized spacial score (nSPS) is 12.3. The van der Waals surface area contributed by atoms with E-state index in [1.165, 1.54) is 0 Å². The van der Waals surface area contributed by atoms with E-state index in [9.17, 15) is 14.4 Å². The molecule has 4 heterocycles. The van der Waals surface area contributed by atoms with E-state index in [-0.39, 0.29) is 23.5 Å². The average Bonchev–Trinajstić information content (AvgIpc) is 3.53. The Morgan fingerprint density at radius 1 is 0.744 bits per heavy atom. The Kier molecular flexibility index (Phi) is 4.33. The van der Waals surface area contributed by atoms with Gasteiger partial charge in [-0.25, -0.2) is 9.97 Å². The first-order valence-electron chi connectivity index (χ1n) is 12.9. The first-order valence-corrected chi connectivity index (χ1v) is 12.9. The van der Waals surface area contributed by atoms with Gasteiger partial charge in [-0.3, -0.25) is 23.2 Å². The van der Waals surface area contributed by atoms with Gasteiger partial charge in [0.05, 0.1) is 28.7 Å². The molecule has 0 atom stereocenters. The van der Waals surface area contributed by atoms with E-state index in [1.54, 1.807) is 15.7 Å². The molecule has 39 heavy (non-hydrogen) atoms. The third-order valence-electron chi connectivity index (χ3n) is 7.71. The van der Waals surface area contributed by atoms with E-state index in [0.717, 1.165) is 38.1 Å². The van der Waals surface area contributed by atoms with Crippen LogP contribution < -0.4 is 11.1 Å². The lowest BCUT2D eigenvalue weighted by Crippen LogP contribution is -2.16. The van der Waals surface area contributed by atoms with Crippen LogP contribution in [0, 0.1) is 0 Å². The summed E-state index contributed by atoms with van der Waals surface area (Å²) in [4.78, 5) is 49.2. The largest absolute Gasteiger partial charge is 0.466 e. The third kappa shape index (κ3) is 2.85. The Bertz CT molecular complexity index is 2420. The second-order valence-electron chi connectivity index (χ2n) is 9.84. The van der Waals surface area contributed by atoms with Crippen molar-refractivity contribution in [2.24, 2.45) is 0 Å². The summed E-state index contributed by atoms with van der Waals surface area (Å²) in [5.41, 5.74) is 4.57. The number of rotatable bonds is 4. The number of hydrogen-bond acceptors (Lipinski definition) is 6. The SMILES string of the molecule is CCOC(=O)CCc1ccc2nc3c4ccc5c(=O)n6c7ccccc7nc6c6ccc(c(=O)n3c2c1)c4c56. The zero-order valence-electron chi connectivity index (χ0n) is 20.9. The van der Waals surface area contributed by atoms with Crippen molar-refractivity contribution in [1.82, 2.24) is 18.8 Å². The average molecular weight is 513 g/mol. The predicted octanol–water partition coefficient (Wildman–Crippen LogP) is 4.84. The maximum Gasteiger partial charge on any atom is 0.306 e. The maximum absolute atomic E-state index is 14.0. The van der Waals surface area contributed by atoms with Gasteiger partial charge in [-0.05, 0) is 67.4 Å². The molecule has 0 saturated heterocycles. The fraction of sp³-hybridized carbons (Fsp3) is 0.129. The van der Waals surface area contributed by atoms with Crippen LogP contribution in [0.15, 0.2) is 76.3 Å². The molecule has 0 bridgehead atoms. The monoisotopic (exact) mass is 512 g/mol. The van der Waals surface area contributed by atoms with Gasteiger partial charge in [-0.2, -0.15) is 0 Å². The molecule has 0 saturated carbocycles. The standard InChI is InChI=1S/C31H20N4O4/c1-2-39-25(36)14-8-16-7-13-22-24(15-16)35-29(33-22)18-10-11-19-26-17(9-12-20(27(18)26)31(35)38)28-32-21-5-3-4-6-23(21)34(28)30(19)37/h3-7,9-13,15H,2,8,14H2,1H3. The summed E-state index contributed by atoms with van der Waals surface area (Å²) >= 11 is 0. The van der Waals surface area contributed by atoms with Crippen molar-refractivity contribution in [3.05, 3.63) is 93.0 Å². The maximum atomic E-state index is 14.0. The van der Waals surface area contributed by atoms with Gasteiger partial charge in [-0.15, -0.1) is 0 Å². The van der Waals surface area contributed by atoms with Gasteiger partial charge in [-0.1, -0.05) is 18.2 Å². The van der Waals surface area contributed by atoms with E-state index in [0.29, 0.717) is 46.1 Å². The third-order valence-corrected chi connectivity index (χ3v) is 7.71. The number of para-hydroxylation sites is 2. The lowest BCUT2D eigenvalue weighted by molar-refractivity contribution is -0.143. The lowest BCUT2D eigenvalue weighted by Gasteiger charge is -2.12. The zero-order valence-corrected chi connectivity index (χ0v) is 20.9. The van der Waals surface area contributed by atoms with Crippen molar-refractivity contribution >= 4 is 71.6 Å². The quantitative estimate of drug-likeness (QED) is 0.247. The molecular formula is C31H20N4O4. The van der Waals surface area contributed by atoms with Crippen LogP contribution in [0.4, 0.5) is 0 Å². The van der Waals surface area contributed by atoms with Crippen LogP contribution in [0.25, 0.3) is 65.7 Å². The fourth-order valence-electron chi connectivity index (χ4n) is 6.02. The molecule has 4 aromatic carbocycles. The van der Waals surface area contributed by atoms with Crippen LogP contribution in [0.2, 0.25) is 0 Å². The minimum atomic E-state index is -0.249. The Morgan fingerprint density at radius 3 is 2.00 bits per heavy atom. The molecule has 0 amide bonds. The van der Waals surface area contributed by atoms with Gasteiger partial charge in [0.25, 0.3) is 11.1 Å². The number of fused-ring (bicyclic) bond motifs is 8. The first kappa shape index (κ1) is 21.9. The van der Waals surface area contributed by atoms with Crippen LogP contribution >= 0.6 is 0 Å². The molecule has 0 spiro atoms. The molecule has 8 nitrogen and oxygen atoms in total. The number of aromatic nitrogens is 4. The molecule has 0 aliphatic carbocycles. The van der Waals surface area contributed by atoms with Crippen LogP contribution in [0.1, 0.15) is 18.9 Å². The Balaban J connectivity index is 1.45. The highest BCUT2D eigenvalue weighted by molar-refractivity contribution is 6.27. The van der Waals surface area contributed by atoms with Crippen LogP contribution in [0.5, 0.6) is 0 Å². The second kappa shape index (κ2) is 7.70. The van der Waals surface area contributed by atoms with Gasteiger partial charge in [0.2, 0.25) is 0 Å². The zero-order chi connectivity index (χ0) is 26.4. The van der Waals surface area contributed by atoms with Gasteiger partial charge in [0, 0.05) is 38.7 Å².